The fourth-order valence-corrected chi connectivity index (χ4v) is 4.08. The first kappa shape index (κ1) is 18.5. The van der Waals surface area contributed by atoms with Crippen LogP contribution in [-0.4, -0.2) is 48.5 Å². The molecule has 1 aromatic heterocycles. The van der Waals surface area contributed by atoms with Crippen LogP contribution in [0.15, 0.2) is 18.2 Å². The summed E-state index contributed by atoms with van der Waals surface area (Å²) in [6, 6.07) is 6.45. The van der Waals surface area contributed by atoms with Crippen molar-refractivity contribution in [3.63, 3.8) is 0 Å². The number of piperidine rings is 1. The van der Waals surface area contributed by atoms with Gasteiger partial charge in [-0.2, -0.15) is 0 Å². The molecule has 3 rings (SSSR count). The molecule has 0 atom stereocenters. The van der Waals surface area contributed by atoms with Gasteiger partial charge in [0.15, 0.2) is 0 Å². The standard InChI is InChI=1S/C21H32N2O2/c1-2-19-5-3-6-20(22-19)17-8-13-23(14-9-17)12-4-7-21(24)18-10-15-25-16-11-18/h3,5-6,17-18H,2,4,7-16H2,1H3. The molecule has 1 aromatic rings. The number of hydrogen-bond donors (Lipinski definition) is 0. The zero-order valence-electron chi connectivity index (χ0n) is 15.6. The van der Waals surface area contributed by atoms with Gasteiger partial charge in [-0.05, 0) is 70.3 Å². The molecule has 0 aliphatic carbocycles. The van der Waals surface area contributed by atoms with Gasteiger partial charge in [-0.25, -0.2) is 0 Å². The molecule has 0 amide bonds. The van der Waals surface area contributed by atoms with Gasteiger partial charge in [0.05, 0.1) is 0 Å². The van der Waals surface area contributed by atoms with Crippen molar-refractivity contribution in [2.75, 3.05) is 32.8 Å². The fraction of sp³-hybridized carbons (Fsp3) is 0.714. The summed E-state index contributed by atoms with van der Waals surface area (Å²) in [6.45, 7) is 7.01. The van der Waals surface area contributed by atoms with E-state index in [1.807, 2.05) is 0 Å². The summed E-state index contributed by atoms with van der Waals surface area (Å²) >= 11 is 0. The second-order valence-corrected chi connectivity index (χ2v) is 7.48. The van der Waals surface area contributed by atoms with Crippen LogP contribution in [0.5, 0.6) is 0 Å². The summed E-state index contributed by atoms with van der Waals surface area (Å²) < 4.78 is 5.34. The molecule has 0 unspecified atom stereocenters. The van der Waals surface area contributed by atoms with E-state index < -0.39 is 0 Å². The van der Waals surface area contributed by atoms with Crippen molar-refractivity contribution in [2.45, 2.75) is 57.8 Å². The maximum atomic E-state index is 12.3. The Balaban J connectivity index is 1.37. The van der Waals surface area contributed by atoms with Gasteiger partial charge in [0.1, 0.15) is 5.78 Å². The highest BCUT2D eigenvalue weighted by molar-refractivity contribution is 5.81. The van der Waals surface area contributed by atoms with E-state index in [2.05, 4.69) is 30.0 Å². The van der Waals surface area contributed by atoms with Gasteiger partial charge < -0.3 is 9.64 Å². The molecular weight excluding hydrogens is 312 g/mol. The first-order valence-electron chi connectivity index (χ1n) is 10.0. The Bertz CT molecular complexity index is 547. The molecule has 4 heteroatoms. The predicted octanol–water partition coefficient (Wildman–Crippen LogP) is 3.60. The third-order valence-corrected chi connectivity index (χ3v) is 5.77. The number of Topliss-reactive ketones (excluding diaryl/α,β-unsaturated/α-hetero) is 1. The van der Waals surface area contributed by atoms with Crippen molar-refractivity contribution in [3.8, 4) is 0 Å². The van der Waals surface area contributed by atoms with Crippen molar-refractivity contribution >= 4 is 5.78 Å². The van der Waals surface area contributed by atoms with E-state index in [0.29, 0.717) is 11.7 Å². The third kappa shape index (κ3) is 5.35. The van der Waals surface area contributed by atoms with E-state index >= 15 is 0 Å². The SMILES string of the molecule is CCc1cccc(C2CCN(CCCC(=O)C3CCOCC3)CC2)n1. The monoisotopic (exact) mass is 344 g/mol. The van der Waals surface area contributed by atoms with E-state index in [1.165, 1.54) is 24.2 Å². The summed E-state index contributed by atoms with van der Waals surface area (Å²) in [5, 5.41) is 0. The molecular formula is C21H32N2O2. The van der Waals surface area contributed by atoms with Crippen molar-refractivity contribution < 1.29 is 9.53 Å². The topological polar surface area (TPSA) is 42.4 Å². The molecule has 0 bridgehead atoms. The smallest absolute Gasteiger partial charge is 0.136 e. The summed E-state index contributed by atoms with van der Waals surface area (Å²) in [5.41, 5.74) is 2.47. The van der Waals surface area contributed by atoms with Crippen LogP contribution in [0.2, 0.25) is 0 Å². The lowest BCUT2D eigenvalue weighted by Crippen LogP contribution is -2.34. The van der Waals surface area contributed by atoms with Gasteiger partial charge in [-0.15, -0.1) is 0 Å². The number of aryl methyl sites for hydroxylation is 1. The van der Waals surface area contributed by atoms with Crippen LogP contribution in [0.1, 0.15) is 62.8 Å². The number of hydrogen-bond acceptors (Lipinski definition) is 4. The molecule has 0 radical (unpaired) electrons. The van der Waals surface area contributed by atoms with E-state index in [4.69, 9.17) is 9.72 Å². The van der Waals surface area contributed by atoms with Crippen LogP contribution >= 0.6 is 0 Å². The van der Waals surface area contributed by atoms with Gasteiger partial charge >= 0.3 is 0 Å². The molecule has 2 aliphatic heterocycles. The highest BCUT2D eigenvalue weighted by Gasteiger charge is 2.23. The number of aromatic nitrogens is 1. The molecule has 3 heterocycles. The average molecular weight is 344 g/mol. The molecule has 2 fully saturated rings. The maximum Gasteiger partial charge on any atom is 0.136 e. The van der Waals surface area contributed by atoms with Crippen LogP contribution in [0.3, 0.4) is 0 Å². The second-order valence-electron chi connectivity index (χ2n) is 7.48. The molecule has 25 heavy (non-hydrogen) atoms. The molecule has 0 N–H and O–H groups in total. The van der Waals surface area contributed by atoms with E-state index in [0.717, 1.165) is 65.0 Å². The van der Waals surface area contributed by atoms with Gasteiger partial charge in [0.25, 0.3) is 0 Å². The molecule has 0 spiro atoms. The Morgan fingerprint density at radius 2 is 1.96 bits per heavy atom. The minimum Gasteiger partial charge on any atom is -0.381 e. The van der Waals surface area contributed by atoms with Gasteiger partial charge in [0, 0.05) is 42.9 Å². The van der Waals surface area contributed by atoms with Crippen LogP contribution in [0.4, 0.5) is 0 Å². The number of carbonyl (C=O) groups is 1. The number of ether oxygens (including phenoxy) is 1. The number of pyridine rings is 1. The Hall–Kier alpha value is -1.26. The summed E-state index contributed by atoms with van der Waals surface area (Å²) in [7, 11) is 0. The van der Waals surface area contributed by atoms with Crippen molar-refractivity contribution in [2.24, 2.45) is 5.92 Å². The summed E-state index contributed by atoms with van der Waals surface area (Å²) in [5.74, 6) is 1.32. The molecule has 0 aromatic carbocycles. The zero-order valence-corrected chi connectivity index (χ0v) is 15.6. The van der Waals surface area contributed by atoms with Gasteiger partial charge in [-0.1, -0.05) is 13.0 Å². The van der Waals surface area contributed by atoms with E-state index in [-0.39, 0.29) is 5.92 Å². The van der Waals surface area contributed by atoms with Crippen molar-refractivity contribution in [1.82, 2.24) is 9.88 Å². The molecule has 2 saturated heterocycles. The highest BCUT2D eigenvalue weighted by atomic mass is 16.5. The lowest BCUT2D eigenvalue weighted by Gasteiger charge is -2.32. The second kappa shape index (κ2) is 9.44. The van der Waals surface area contributed by atoms with Crippen molar-refractivity contribution in [1.29, 1.82) is 0 Å². The largest absolute Gasteiger partial charge is 0.381 e. The normalized spacial score (nSPS) is 20.7. The van der Waals surface area contributed by atoms with E-state index in [9.17, 15) is 4.79 Å². The van der Waals surface area contributed by atoms with Crippen LogP contribution in [-0.2, 0) is 16.0 Å². The zero-order chi connectivity index (χ0) is 17.5. The number of nitrogens with zero attached hydrogens (tertiary/aromatic N) is 2. The Kier molecular flexibility index (Phi) is 7.00. The average Bonchev–Trinajstić information content (AvgIpc) is 2.69. The number of rotatable bonds is 7. The van der Waals surface area contributed by atoms with E-state index in [1.54, 1.807) is 0 Å². The van der Waals surface area contributed by atoms with Crippen molar-refractivity contribution in [3.05, 3.63) is 29.6 Å². The predicted molar refractivity (Wildman–Crippen MR) is 99.8 cm³/mol. The Labute approximate surface area is 152 Å². The summed E-state index contributed by atoms with van der Waals surface area (Å²) in [6.07, 6.45) is 6.98. The fourth-order valence-electron chi connectivity index (χ4n) is 4.08. The van der Waals surface area contributed by atoms with Crippen LogP contribution in [0.25, 0.3) is 0 Å². The first-order valence-corrected chi connectivity index (χ1v) is 10.0. The lowest BCUT2D eigenvalue weighted by molar-refractivity contribution is -0.125. The quantitative estimate of drug-likeness (QED) is 0.758. The van der Waals surface area contributed by atoms with Gasteiger partial charge in [-0.3, -0.25) is 9.78 Å². The maximum absolute atomic E-state index is 12.3. The molecule has 0 saturated carbocycles. The third-order valence-electron chi connectivity index (χ3n) is 5.77. The minimum atomic E-state index is 0.261. The Morgan fingerprint density at radius 1 is 1.20 bits per heavy atom. The van der Waals surface area contributed by atoms with Gasteiger partial charge in [0.2, 0.25) is 0 Å². The number of carbonyl (C=O) groups excluding carboxylic acids is 1. The van der Waals surface area contributed by atoms with Crippen LogP contribution < -0.4 is 0 Å². The number of ketones is 1. The Morgan fingerprint density at radius 3 is 2.68 bits per heavy atom. The summed E-state index contributed by atoms with van der Waals surface area (Å²) in [4.78, 5) is 19.6. The minimum absolute atomic E-state index is 0.261. The highest BCUT2D eigenvalue weighted by Crippen LogP contribution is 2.27. The lowest BCUT2D eigenvalue weighted by atomic mass is 9.91. The molecule has 2 aliphatic rings. The first-order chi connectivity index (χ1) is 12.3. The van der Waals surface area contributed by atoms with Crippen LogP contribution in [0, 0.1) is 5.92 Å². The molecule has 4 nitrogen and oxygen atoms in total. The molecule has 138 valence electrons. The number of likely N-dealkylation sites (tertiary alicyclic amines) is 1.